The van der Waals surface area contributed by atoms with Crippen LogP contribution in [-0.2, 0) is 6.54 Å². The molecule has 1 saturated heterocycles. The molecule has 6 heteroatoms. The third-order valence-electron chi connectivity index (χ3n) is 5.80. The van der Waals surface area contributed by atoms with Gasteiger partial charge in [0, 0.05) is 37.1 Å². The molecule has 0 saturated carbocycles. The second-order valence-corrected chi connectivity index (χ2v) is 9.29. The molecular formula is C23H43N5S. The highest BCUT2D eigenvalue weighted by Crippen LogP contribution is 2.20. The Bertz CT molecular complexity index is 556. The standard InChI is InChI=1S/C23H43N5S/c1-5-24-23(26-20(4)11-8-14-27(6-2)7-3)25-17-21-12-9-15-28(18-21)19-22-13-10-16-29-22/h10,13,16,20-21H,5-9,11-12,14-15,17-19H2,1-4H3,(H2,24,25,26). The summed E-state index contributed by atoms with van der Waals surface area (Å²) in [4.78, 5) is 11.5. The lowest BCUT2D eigenvalue weighted by molar-refractivity contribution is 0.172. The van der Waals surface area contributed by atoms with Crippen LogP contribution in [0.2, 0.25) is 0 Å². The Labute approximate surface area is 183 Å². The number of guanidine groups is 1. The summed E-state index contributed by atoms with van der Waals surface area (Å²) in [5.41, 5.74) is 0. The van der Waals surface area contributed by atoms with Gasteiger partial charge in [0.1, 0.15) is 0 Å². The van der Waals surface area contributed by atoms with Gasteiger partial charge in [0.25, 0.3) is 0 Å². The number of rotatable bonds is 12. The quantitative estimate of drug-likeness (QED) is 0.395. The number of likely N-dealkylation sites (tertiary alicyclic amines) is 1. The number of hydrogen-bond acceptors (Lipinski definition) is 4. The van der Waals surface area contributed by atoms with E-state index >= 15 is 0 Å². The summed E-state index contributed by atoms with van der Waals surface area (Å²) >= 11 is 1.87. The molecule has 5 nitrogen and oxygen atoms in total. The molecule has 1 aromatic rings. The summed E-state index contributed by atoms with van der Waals surface area (Å²) in [6, 6.07) is 4.86. The maximum Gasteiger partial charge on any atom is 0.191 e. The van der Waals surface area contributed by atoms with Crippen molar-refractivity contribution in [1.82, 2.24) is 20.4 Å². The first kappa shape index (κ1) is 24.2. The molecule has 2 N–H and O–H groups in total. The van der Waals surface area contributed by atoms with Crippen LogP contribution in [0.25, 0.3) is 0 Å². The van der Waals surface area contributed by atoms with E-state index in [-0.39, 0.29) is 0 Å². The number of hydrogen-bond donors (Lipinski definition) is 2. The number of nitrogens with one attached hydrogen (secondary N) is 2. The van der Waals surface area contributed by atoms with E-state index in [0.29, 0.717) is 12.0 Å². The molecule has 0 aromatic carbocycles. The summed E-state index contributed by atoms with van der Waals surface area (Å²) in [5, 5.41) is 9.24. The fourth-order valence-corrected chi connectivity index (χ4v) is 4.82. The van der Waals surface area contributed by atoms with Crippen molar-refractivity contribution in [2.24, 2.45) is 10.9 Å². The van der Waals surface area contributed by atoms with Crippen LogP contribution in [0.4, 0.5) is 0 Å². The first-order chi connectivity index (χ1) is 14.1. The van der Waals surface area contributed by atoms with Crippen molar-refractivity contribution in [3.63, 3.8) is 0 Å². The van der Waals surface area contributed by atoms with Crippen LogP contribution >= 0.6 is 11.3 Å². The van der Waals surface area contributed by atoms with E-state index < -0.39 is 0 Å². The lowest BCUT2D eigenvalue weighted by Gasteiger charge is -2.31. The van der Waals surface area contributed by atoms with Crippen LogP contribution in [0.15, 0.2) is 22.5 Å². The van der Waals surface area contributed by atoms with Crippen molar-refractivity contribution in [2.45, 2.75) is 66.0 Å². The van der Waals surface area contributed by atoms with Gasteiger partial charge in [-0.3, -0.25) is 9.89 Å². The van der Waals surface area contributed by atoms with E-state index in [1.54, 1.807) is 0 Å². The molecule has 0 spiro atoms. The summed E-state index contributed by atoms with van der Waals surface area (Å²) in [7, 11) is 0. The lowest BCUT2D eigenvalue weighted by atomic mass is 9.98. The monoisotopic (exact) mass is 421 g/mol. The van der Waals surface area contributed by atoms with E-state index in [4.69, 9.17) is 4.99 Å². The van der Waals surface area contributed by atoms with Crippen LogP contribution < -0.4 is 10.6 Å². The fourth-order valence-electron chi connectivity index (χ4n) is 4.07. The third kappa shape index (κ3) is 9.49. The predicted molar refractivity (Wildman–Crippen MR) is 128 cm³/mol. The number of thiophene rings is 1. The topological polar surface area (TPSA) is 42.9 Å². The van der Waals surface area contributed by atoms with Crippen molar-refractivity contribution in [3.05, 3.63) is 22.4 Å². The minimum Gasteiger partial charge on any atom is -0.357 e. The Morgan fingerprint density at radius 1 is 1.34 bits per heavy atom. The molecule has 2 rings (SSSR count). The van der Waals surface area contributed by atoms with Gasteiger partial charge >= 0.3 is 0 Å². The van der Waals surface area contributed by atoms with Gasteiger partial charge < -0.3 is 15.5 Å². The maximum absolute atomic E-state index is 4.94. The second-order valence-electron chi connectivity index (χ2n) is 8.26. The van der Waals surface area contributed by atoms with Crippen LogP contribution in [0.1, 0.15) is 58.3 Å². The van der Waals surface area contributed by atoms with E-state index in [2.05, 4.69) is 65.6 Å². The lowest BCUT2D eigenvalue weighted by Crippen LogP contribution is -2.43. The first-order valence-electron chi connectivity index (χ1n) is 11.7. The van der Waals surface area contributed by atoms with E-state index in [0.717, 1.165) is 38.7 Å². The zero-order chi connectivity index (χ0) is 20.9. The molecule has 1 fully saturated rings. The molecular weight excluding hydrogens is 378 g/mol. The smallest absolute Gasteiger partial charge is 0.191 e. The Balaban J connectivity index is 1.76. The Kier molecular flexibility index (Phi) is 11.7. The van der Waals surface area contributed by atoms with E-state index in [1.165, 1.54) is 50.2 Å². The fraction of sp³-hybridized carbons (Fsp3) is 0.783. The molecule has 29 heavy (non-hydrogen) atoms. The molecule has 2 unspecified atom stereocenters. The Morgan fingerprint density at radius 3 is 2.86 bits per heavy atom. The van der Waals surface area contributed by atoms with E-state index in [9.17, 15) is 0 Å². The normalized spacial score (nSPS) is 19.5. The molecule has 2 atom stereocenters. The molecule has 0 amide bonds. The van der Waals surface area contributed by atoms with Gasteiger partial charge in [-0.05, 0) is 83.1 Å². The highest BCUT2D eigenvalue weighted by molar-refractivity contribution is 7.09. The van der Waals surface area contributed by atoms with Crippen molar-refractivity contribution in [2.75, 3.05) is 45.8 Å². The highest BCUT2D eigenvalue weighted by Gasteiger charge is 2.20. The van der Waals surface area contributed by atoms with Gasteiger partial charge in [-0.15, -0.1) is 11.3 Å². The maximum atomic E-state index is 4.94. The number of piperidine rings is 1. The SMILES string of the molecule is CCNC(=NCC1CCCN(Cc2cccs2)C1)NC(C)CCCN(CC)CC. The van der Waals surface area contributed by atoms with Gasteiger partial charge in [0.15, 0.2) is 5.96 Å². The molecule has 2 heterocycles. The van der Waals surface area contributed by atoms with Crippen molar-refractivity contribution < 1.29 is 0 Å². The van der Waals surface area contributed by atoms with E-state index in [1.807, 2.05) is 11.3 Å². The Hall–Kier alpha value is -1.11. The van der Waals surface area contributed by atoms with Gasteiger partial charge in [-0.25, -0.2) is 0 Å². The third-order valence-corrected chi connectivity index (χ3v) is 6.66. The largest absolute Gasteiger partial charge is 0.357 e. The van der Waals surface area contributed by atoms with Gasteiger partial charge in [-0.1, -0.05) is 19.9 Å². The van der Waals surface area contributed by atoms with Crippen LogP contribution in [0.5, 0.6) is 0 Å². The molecule has 1 aliphatic heterocycles. The second kappa shape index (κ2) is 14.0. The van der Waals surface area contributed by atoms with Crippen molar-refractivity contribution in [3.8, 4) is 0 Å². The molecule has 0 bridgehead atoms. The summed E-state index contributed by atoms with van der Waals surface area (Å²) in [6.45, 7) is 17.7. The molecule has 166 valence electrons. The number of aliphatic imine (C=N–C) groups is 1. The predicted octanol–water partition coefficient (Wildman–Crippen LogP) is 4.03. The summed E-state index contributed by atoms with van der Waals surface area (Å²) < 4.78 is 0. The van der Waals surface area contributed by atoms with Gasteiger partial charge in [0.05, 0.1) is 0 Å². The highest BCUT2D eigenvalue weighted by atomic mass is 32.1. The average molecular weight is 422 g/mol. The molecule has 0 aliphatic carbocycles. The zero-order valence-corrected chi connectivity index (χ0v) is 19.9. The summed E-state index contributed by atoms with van der Waals surface area (Å²) in [5.74, 6) is 1.65. The zero-order valence-electron chi connectivity index (χ0n) is 19.1. The molecule has 0 radical (unpaired) electrons. The van der Waals surface area contributed by atoms with Crippen LogP contribution in [0, 0.1) is 5.92 Å². The van der Waals surface area contributed by atoms with Gasteiger partial charge in [-0.2, -0.15) is 0 Å². The van der Waals surface area contributed by atoms with Crippen molar-refractivity contribution >= 4 is 17.3 Å². The Morgan fingerprint density at radius 2 is 2.17 bits per heavy atom. The average Bonchev–Trinajstić information content (AvgIpc) is 3.23. The van der Waals surface area contributed by atoms with Gasteiger partial charge in [0.2, 0.25) is 0 Å². The minimum absolute atomic E-state index is 0.449. The molecule has 1 aliphatic rings. The van der Waals surface area contributed by atoms with Crippen LogP contribution in [0.3, 0.4) is 0 Å². The van der Waals surface area contributed by atoms with Crippen molar-refractivity contribution in [1.29, 1.82) is 0 Å². The van der Waals surface area contributed by atoms with Crippen LogP contribution in [-0.4, -0.2) is 67.6 Å². The minimum atomic E-state index is 0.449. The number of nitrogens with zero attached hydrogens (tertiary/aromatic N) is 3. The molecule has 1 aromatic heterocycles. The summed E-state index contributed by atoms with van der Waals surface area (Å²) in [6.07, 6.45) is 5.00. The first-order valence-corrected chi connectivity index (χ1v) is 12.5.